The number of anilines is 1. The number of aryl methyl sites for hydroxylation is 2. The molecule has 4 N–H and O–H groups in total. The number of carbonyl (C=O) groups is 4. The van der Waals surface area contributed by atoms with Crippen LogP contribution in [-0.2, 0) is 34.3 Å². The summed E-state index contributed by atoms with van der Waals surface area (Å²) in [7, 11) is 1.92. The average molecular weight is 762 g/mol. The van der Waals surface area contributed by atoms with Gasteiger partial charge in [0.15, 0.2) is 5.69 Å². The van der Waals surface area contributed by atoms with E-state index in [1.807, 2.05) is 65.7 Å². The maximum Gasteiger partial charge on any atom is 0.430 e. The van der Waals surface area contributed by atoms with Gasteiger partial charge in [-0.15, -0.1) is 11.3 Å². The number of hydrogen-bond donors (Lipinski definition) is 3. The third-order valence-electron chi connectivity index (χ3n) is 7.19. The quantitative estimate of drug-likeness (QED) is 0.0917. The van der Waals surface area contributed by atoms with Crippen LogP contribution < -0.4 is 25.5 Å². The van der Waals surface area contributed by atoms with Crippen LogP contribution in [0.1, 0.15) is 32.2 Å². The molecule has 0 aliphatic heterocycles. The van der Waals surface area contributed by atoms with Gasteiger partial charge in [0.25, 0.3) is 0 Å². The van der Waals surface area contributed by atoms with E-state index in [1.54, 1.807) is 35.6 Å². The van der Waals surface area contributed by atoms with E-state index in [-0.39, 0.29) is 25.3 Å². The molecule has 52 heavy (non-hydrogen) atoms. The molecule has 0 saturated heterocycles. The summed E-state index contributed by atoms with van der Waals surface area (Å²) in [6.45, 7) is 2.67. The van der Waals surface area contributed by atoms with Crippen molar-refractivity contribution in [2.75, 3.05) is 18.5 Å². The van der Waals surface area contributed by atoms with E-state index in [1.165, 1.54) is 17.0 Å². The fraction of sp³-hybridized carbons (Fsp3) is 0.265. The molecule has 0 unspecified atom stereocenters. The number of aliphatic carboxylic acids is 1. The molecule has 3 amide bonds. The van der Waals surface area contributed by atoms with Gasteiger partial charge in [-0.05, 0) is 48.9 Å². The number of thiazole rings is 1. The fourth-order valence-electron chi connectivity index (χ4n) is 4.77. The Morgan fingerprint density at radius 1 is 1.04 bits per heavy atom. The van der Waals surface area contributed by atoms with Crippen LogP contribution >= 0.6 is 22.7 Å². The maximum absolute atomic E-state index is 13.8. The van der Waals surface area contributed by atoms with Crippen molar-refractivity contribution in [2.24, 2.45) is 12.8 Å². The Bertz CT molecular complexity index is 2000. The first-order valence-electron chi connectivity index (χ1n) is 15.5. The Hall–Kier alpha value is -5.62. The number of nitrogens with two attached hydrogens (primary N) is 1. The number of rotatable bonds is 13. The van der Waals surface area contributed by atoms with E-state index < -0.39 is 36.1 Å². The first kappa shape index (κ1) is 39.2. The zero-order valence-corrected chi connectivity index (χ0v) is 29.4. The van der Waals surface area contributed by atoms with Gasteiger partial charge < -0.3 is 35.1 Å². The number of ether oxygens (including phenoxy) is 2. The number of nitrogens with zero attached hydrogens (tertiary/aromatic N) is 3. The molecule has 0 aliphatic carbocycles. The molecule has 18 heteroatoms. The molecule has 0 fully saturated rings. The first-order chi connectivity index (χ1) is 24.6. The van der Waals surface area contributed by atoms with Crippen LogP contribution in [0.5, 0.6) is 11.5 Å². The number of aromatic nitrogens is 2. The van der Waals surface area contributed by atoms with Crippen molar-refractivity contribution in [3.8, 4) is 11.5 Å². The maximum atomic E-state index is 13.8. The number of halogens is 3. The number of benzene rings is 2. The van der Waals surface area contributed by atoms with Gasteiger partial charge in [-0.3, -0.25) is 10.1 Å². The van der Waals surface area contributed by atoms with Gasteiger partial charge in [-0.2, -0.15) is 17.6 Å². The number of alkyl halides is 3. The molecule has 0 spiro atoms. The van der Waals surface area contributed by atoms with E-state index in [4.69, 9.17) is 25.1 Å². The molecule has 0 aliphatic rings. The van der Waals surface area contributed by atoms with Crippen molar-refractivity contribution in [2.45, 2.75) is 38.5 Å². The van der Waals surface area contributed by atoms with Crippen LogP contribution in [0, 0.1) is 6.92 Å². The van der Waals surface area contributed by atoms with E-state index in [0.717, 1.165) is 38.2 Å². The number of para-hydroxylation sites is 1. The summed E-state index contributed by atoms with van der Waals surface area (Å²) in [5.41, 5.74) is 7.39. The highest BCUT2D eigenvalue weighted by Gasteiger charge is 2.32. The largest absolute Gasteiger partial charge is 0.542 e. The molecule has 2 aromatic carbocycles. The molecule has 5 rings (SSSR count). The zero-order chi connectivity index (χ0) is 38.0. The Morgan fingerprint density at radius 2 is 1.71 bits per heavy atom. The van der Waals surface area contributed by atoms with Gasteiger partial charge in [0, 0.05) is 17.7 Å². The summed E-state index contributed by atoms with van der Waals surface area (Å²) in [5, 5.41) is 21.7. The Labute approximate surface area is 303 Å². The molecular formula is C34H34F3N5O8S2. The van der Waals surface area contributed by atoms with Gasteiger partial charge in [-0.25, -0.2) is 14.2 Å². The second-order valence-electron chi connectivity index (χ2n) is 11.2. The number of phenolic OH excluding ortho intramolecular Hbond substituents is 1. The number of carbonyl (C=O) groups excluding carboxylic acids is 4. The highest BCUT2D eigenvalue weighted by molar-refractivity contribution is 7.18. The first-order valence-corrected chi connectivity index (χ1v) is 17.1. The second kappa shape index (κ2) is 17.5. The zero-order valence-electron chi connectivity index (χ0n) is 27.8. The minimum atomic E-state index is -5.19. The summed E-state index contributed by atoms with van der Waals surface area (Å²) >= 11 is 2.68. The number of carboxylic acids is 1. The predicted octanol–water partition coefficient (Wildman–Crippen LogP) is 3.96. The van der Waals surface area contributed by atoms with Crippen molar-refractivity contribution in [3.05, 3.63) is 100 Å². The molecule has 5 aromatic rings. The lowest BCUT2D eigenvalue weighted by Crippen LogP contribution is -2.50. The molecule has 3 heterocycles. The molecule has 0 bridgehead atoms. The van der Waals surface area contributed by atoms with Crippen LogP contribution in [0.2, 0.25) is 0 Å². The number of phenols is 1. The number of hydrogen-bond acceptors (Lipinski definition) is 10. The van der Waals surface area contributed by atoms with Crippen molar-refractivity contribution in [1.82, 2.24) is 9.30 Å². The summed E-state index contributed by atoms with van der Waals surface area (Å²) in [6.07, 6.45) is -0.638. The number of aromatic hydroxyl groups is 1. The number of primary amides is 1. The number of thiophene rings is 1. The van der Waals surface area contributed by atoms with Crippen molar-refractivity contribution in [3.63, 3.8) is 0 Å². The minimum absolute atomic E-state index is 0.0844. The number of amides is 3. The van der Waals surface area contributed by atoms with E-state index in [2.05, 4.69) is 5.32 Å². The lowest BCUT2D eigenvalue weighted by atomic mass is 10.0. The number of carboxylic acid groups (broad SMARTS) is 1. The van der Waals surface area contributed by atoms with Crippen LogP contribution in [-0.4, -0.2) is 63.7 Å². The van der Waals surface area contributed by atoms with Crippen LogP contribution in [0.25, 0.3) is 4.96 Å². The molecule has 13 nitrogen and oxygen atoms in total. The third kappa shape index (κ3) is 10.9. The molecular weight excluding hydrogens is 728 g/mol. The predicted molar refractivity (Wildman–Crippen MR) is 183 cm³/mol. The molecule has 276 valence electrons. The second-order valence-corrected chi connectivity index (χ2v) is 13.5. The van der Waals surface area contributed by atoms with Gasteiger partial charge in [0.1, 0.15) is 40.8 Å². The summed E-state index contributed by atoms with van der Waals surface area (Å²) in [6, 6.07) is 17.4. The summed E-state index contributed by atoms with van der Waals surface area (Å²) in [5.74, 6) is -3.35. The highest BCUT2D eigenvalue weighted by Crippen LogP contribution is 2.25. The molecule has 1 atom stereocenters. The van der Waals surface area contributed by atoms with Crippen LogP contribution in [0.3, 0.4) is 0 Å². The Balaban J connectivity index is 0.000000785. The fourth-order valence-corrected chi connectivity index (χ4v) is 6.47. The average Bonchev–Trinajstić information content (AvgIpc) is 3.79. The lowest BCUT2D eigenvalue weighted by molar-refractivity contribution is -0.642. The number of fused-ring (bicyclic) bond motifs is 1. The van der Waals surface area contributed by atoms with E-state index in [9.17, 15) is 32.7 Å². The highest BCUT2D eigenvalue weighted by atomic mass is 32.1. The Kier molecular flexibility index (Phi) is 13.2. The standard InChI is InChI=1S/C32H33N5O6S2.C2HF3O2/c1-21-18-36-23(19-35(2)32(36)44-21)20-37(26(29(33)39)17-22-9-11-24(38)12-10-22)31(41)34-28-14-13-27(45-28)30(40)43-16-6-15-42-25-7-4-3-5-8-25;3-2(4,5)1(6)7/h3-5,7-14,18-19,26H,6,15-17,20H2,1-2H3,(H3-,33,34,38,39,40,41);(H,6,7)/t26-;/m0./s1. The van der Waals surface area contributed by atoms with Crippen LogP contribution in [0.4, 0.5) is 23.0 Å². The summed E-state index contributed by atoms with van der Waals surface area (Å²) in [4.78, 5) is 51.9. The van der Waals surface area contributed by atoms with Gasteiger partial charge in [0.2, 0.25) is 5.91 Å². The number of esters is 1. The molecule has 3 aromatic heterocycles. The Morgan fingerprint density at radius 3 is 2.35 bits per heavy atom. The van der Waals surface area contributed by atoms with Gasteiger partial charge in [0.05, 0.1) is 31.8 Å². The van der Waals surface area contributed by atoms with E-state index in [0.29, 0.717) is 22.9 Å². The smallest absolute Gasteiger partial charge is 0.430 e. The third-order valence-corrected chi connectivity index (χ3v) is 9.26. The number of nitrogens with one attached hydrogen (secondary N) is 1. The van der Waals surface area contributed by atoms with Crippen molar-refractivity contribution < 1.29 is 56.6 Å². The topological polar surface area (TPSA) is 180 Å². The van der Waals surface area contributed by atoms with Crippen LogP contribution in [0.15, 0.2) is 79.1 Å². The summed E-state index contributed by atoms with van der Waals surface area (Å²) < 4.78 is 46.5. The normalized spacial score (nSPS) is 11.6. The number of urea groups is 1. The van der Waals surface area contributed by atoms with Crippen molar-refractivity contribution >= 4 is 56.5 Å². The van der Waals surface area contributed by atoms with E-state index >= 15 is 0 Å². The molecule has 0 saturated carbocycles. The monoisotopic (exact) mass is 761 g/mol. The van der Waals surface area contributed by atoms with Gasteiger partial charge >= 0.3 is 23.1 Å². The van der Waals surface area contributed by atoms with Gasteiger partial charge in [-0.1, -0.05) is 41.7 Å². The number of imidazole rings is 1. The molecule has 0 radical (unpaired) electrons. The minimum Gasteiger partial charge on any atom is -0.542 e. The SMILES string of the molecule is Cc1cn2c(CN(C(=O)Nc3ccc(C(=O)OCCCOc4ccccc4)s3)[C@@H](Cc3ccc(O)cc3)C(N)=O)c[n+](C)c2s1.O=C([O-])C(F)(F)F. The lowest BCUT2D eigenvalue weighted by Gasteiger charge is -2.29. The van der Waals surface area contributed by atoms with Crippen molar-refractivity contribution in [1.29, 1.82) is 0 Å².